The van der Waals surface area contributed by atoms with Crippen LogP contribution < -0.4 is 0 Å². The number of hydrogen-bond acceptors (Lipinski definition) is 4. The number of sulfone groups is 1. The number of nitro benzene ring substituents is 1. The van der Waals surface area contributed by atoms with Crippen LogP contribution in [-0.4, -0.2) is 17.9 Å². The van der Waals surface area contributed by atoms with E-state index >= 15 is 0 Å². The second-order valence-electron chi connectivity index (χ2n) is 7.25. The smallest absolute Gasteiger partial charge is 0.274 e. The van der Waals surface area contributed by atoms with Gasteiger partial charge in [0.05, 0.1) is 21.1 Å². The summed E-state index contributed by atoms with van der Waals surface area (Å²) in [4.78, 5) is 11.3. The monoisotopic (exact) mass is 420 g/mol. The normalized spacial score (nSPS) is 11.6. The first kappa shape index (κ1) is 19.8. The van der Waals surface area contributed by atoms with Crippen LogP contribution >= 0.6 is 0 Å². The fourth-order valence-electron chi connectivity index (χ4n) is 3.58. The first-order chi connectivity index (χ1) is 14.3. The maximum Gasteiger partial charge on any atom is 0.274 e. The molecular weight excluding hydrogens is 400 g/mol. The molecule has 0 atom stereocenters. The molecule has 7 heteroatoms. The van der Waals surface area contributed by atoms with Gasteiger partial charge in [-0.1, -0.05) is 48.0 Å². The maximum atomic E-state index is 13.0. The van der Waals surface area contributed by atoms with Crippen molar-refractivity contribution in [3.05, 3.63) is 106 Å². The van der Waals surface area contributed by atoms with E-state index in [0.717, 1.165) is 16.6 Å². The molecule has 0 saturated heterocycles. The van der Waals surface area contributed by atoms with Crippen LogP contribution in [0.3, 0.4) is 0 Å². The summed E-state index contributed by atoms with van der Waals surface area (Å²) in [5.74, 6) is -0.431. The highest BCUT2D eigenvalue weighted by atomic mass is 32.2. The van der Waals surface area contributed by atoms with Crippen molar-refractivity contribution in [3.63, 3.8) is 0 Å². The number of nitro groups is 1. The quantitative estimate of drug-likeness (QED) is 0.329. The van der Waals surface area contributed by atoms with Crippen molar-refractivity contribution >= 4 is 26.4 Å². The van der Waals surface area contributed by atoms with Crippen molar-refractivity contribution in [3.8, 4) is 0 Å². The van der Waals surface area contributed by atoms with Gasteiger partial charge in [-0.05, 0) is 36.8 Å². The van der Waals surface area contributed by atoms with Gasteiger partial charge in [0.2, 0.25) is 0 Å². The first-order valence-corrected chi connectivity index (χ1v) is 11.1. The van der Waals surface area contributed by atoms with Crippen LogP contribution in [0.25, 0.3) is 10.9 Å². The minimum absolute atomic E-state index is 0.156. The number of hydrogen-bond donors (Lipinski definition) is 0. The maximum absolute atomic E-state index is 13.0. The van der Waals surface area contributed by atoms with Gasteiger partial charge in [0, 0.05) is 29.7 Å². The lowest BCUT2D eigenvalue weighted by Crippen LogP contribution is -2.08. The molecule has 0 N–H and O–H groups in total. The van der Waals surface area contributed by atoms with E-state index in [-0.39, 0.29) is 16.1 Å². The van der Waals surface area contributed by atoms with E-state index in [0.29, 0.717) is 11.9 Å². The third-order valence-corrected chi connectivity index (χ3v) is 6.81. The average molecular weight is 420 g/mol. The summed E-state index contributed by atoms with van der Waals surface area (Å²) in [7, 11) is -3.74. The minimum Gasteiger partial charge on any atom is -0.343 e. The molecule has 30 heavy (non-hydrogen) atoms. The number of aryl methyl sites for hydroxylation is 1. The molecule has 3 aromatic carbocycles. The molecule has 1 heterocycles. The van der Waals surface area contributed by atoms with E-state index in [4.69, 9.17) is 0 Å². The van der Waals surface area contributed by atoms with E-state index in [1.807, 2.05) is 48.0 Å². The SMILES string of the molecule is Cc1ccc(S(=O)(=O)Cc2c([N+](=O)[O-])ccc3c2ccn3Cc2ccccc2)cc1. The average Bonchev–Trinajstić information content (AvgIpc) is 3.12. The highest BCUT2D eigenvalue weighted by Gasteiger charge is 2.25. The highest BCUT2D eigenvalue weighted by molar-refractivity contribution is 7.90. The first-order valence-electron chi connectivity index (χ1n) is 9.43. The number of fused-ring (bicyclic) bond motifs is 1. The van der Waals surface area contributed by atoms with Gasteiger partial charge in [-0.25, -0.2) is 8.42 Å². The number of benzene rings is 3. The zero-order valence-electron chi connectivity index (χ0n) is 16.4. The predicted molar refractivity (Wildman–Crippen MR) is 116 cm³/mol. The van der Waals surface area contributed by atoms with Crippen LogP contribution in [0.4, 0.5) is 5.69 Å². The Morgan fingerprint density at radius 1 is 0.933 bits per heavy atom. The second kappa shape index (κ2) is 7.76. The summed E-state index contributed by atoms with van der Waals surface area (Å²) < 4.78 is 28.0. The van der Waals surface area contributed by atoms with E-state index in [2.05, 4.69) is 0 Å². The molecule has 0 aliphatic carbocycles. The third kappa shape index (κ3) is 3.84. The molecule has 0 amide bonds. The highest BCUT2D eigenvalue weighted by Crippen LogP contribution is 2.32. The third-order valence-electron chi connectivity index (χ3n) is 5.15. The Labute approximate surface area is 174 Å². The van der Waals surface area contributed by atoms with Gasteiger partial charge in [-0.3, -0.25) is 10.1 Å². The molecule has 0 aliphatic heterocycles. The van der Waals surface area contributed by atoms with E-state index in [1.165, 1.54) is 18.2 Å². The van der Waals surface area contributed by atoms with Gasteiger partial charge in [0.25, 0.3) is 5.69 Å². The Bertz CT molecular complexity index is 1330. The second-order valence-corrected chi connectivity index (χ2v) is 9.24. The molecule has 0 unspecified atom stereocenters. The predicted octanol–water partition coefficient (Wildman–Crippen LogP) is 4.88. The van der Waals surface area contributed by atoms with Crippen LogP contribution in [0.5, 0.6) is 0 Å². The molecule has 4 rings (SSSR count). The van der Waals surface area contributed by atoms with Crippen LogP contribution in [0.1, 0.15) is 16.7 Å². The van der Waals surface area contributed by atoms with Crippen LogP contribution in [0.2, 0.25) is 0 Å². The Balaban J connectivity index is 1.80. The Morgan fingerprint density at radius 3 is 2.30 bits per heavy atom. The summed E-state index contributed by atoms with van der Waals surface area (Å²) in [6.07, 6.45) is 1.84. The molecule has 0 fully saturated rings. The molecule has 1 aromatic heterocycles. The van der Waals surface area contributed by atoms with Gasteiger partial charge in [0.1, 0.15) is 0 Å². The zero-order chi connectivity index (χ0) is 21.3. The van der Waals surface area contributed by atoms with Crippen molar-refractivity contribution in [1.29, 1.82) is 0 Å². The number of nitrogens with zero attached hydrogens (tertiary/aromatic N) is 2. The van der Waals surface area contributed by atoms with E-state index in [1.54, 1.807) is 24.3 Å². The molecule has 6 nitrogen and oxygen atoms in total. The summed E-state index contributed by atoms with van der Waals surface area (Å²) in [5.41, 5.74) is 2.82. The summed E-state index contributed by atoms with van der Waals surface area (Å²) in [6, 6.07) is 21.2. The Morgan fingerprint density at radius 2 is 1.63 bits per heavy atom. The van der Waals surface area contributed by atoms with Gasteiger partial charge < -0.3 is 4.57 Å². The zero-order valence-corrected chi connectivity index (χ0v) is 17.2. The fourth-order valence-corrected chi connectivity index (χ4v) is 4.98. The molecule has 4 aromatic rings. The number of rotatable bonds is 6. The van der Waals surface area contributed by atoms with Gasteiger partial charge in [0.15, 0.2) is 9.84 Å². The molecule has 0 spiro atoms. The van der Waals surface area contributed by atoms with Crippen LogP contribution in [0.15, 0.2) is 83.9 Å². The topological polar surface area (TPSA) is 82.2 Å². The molecule has 0 saturated carbocycles. The molecular formula is C23H20N2O4S. The fraction of sp³-hybridized carbons (Fsp3) is 0.130. The molecule has 0 aliphatic rings. The van der Waals surface area contributed by atoms with Crippen molar-refractivity contribution in [2.24, 2.45) is 0 Å². The minimum atomic E-state index is -3.74. The van der Waals surface area contributed by atoms with Crippen molar-refractivity contribution in [1.82, 2.24) is 4.57 Å². The lowest BCUT2D eigenvalue weighted by Gasteiger charge is -2.10. The van der Waals surface area contributed by atoms with Crippen LogP contribution in [0, 0.1) is 17.0 Å². The summed E-state index contributed by atoms with van der Waals surface area (Å²) in [5, 5.41) is 12.2. The summed E-state index contributed by atoms with van der Waals surface area (Å²) in [6.45, 7) is 2.46. The van der Waals surface area contributed by atoms with Crippen LogP contribution in [-0.2, 0) is 22.1 Å². The Kier molecular flexibility index (Phi) is 5.13. The van der Waals surface area contributed by atoms with Crippen molar-refractivity contribution < 1.29 is 13.3 Å². The lowest BCUT2D eigenvalue weighted by molar-refractivity contribution is -0.385. The molecule has 0 radical (unpaired) electrons. The largest absolute Gasteiger partial charge is 0.343 e. The number of aromatic nitrogens is 1. The van der Waals surface area contributed by atoms with Crippen molar-refractivity contribution in [2.45, 2.75) is 24.1 Å². The molecule has 152 valence electrons. The van der Waals surface area contributed by atoms with E-state index in [9.17, 15) is 18.5 Å². The van der Waals surface area contributed by atoms with Gasteiger partial charge in [-0.2, -0.15) is 0 Å². The Hall–Kier alpha value is -3.45. The molecule has 0 bridgehead atoms. The lowest BCUT2D eigenvalue weighted by atomic mass is 10.1. The summed E-state index contributed by atoms with van der Waals surface area (Å²) >= 11 is 0. The van der Waals surface area contributed by atoms with E-state index < -0.39 is 20.5 Å². The van der Waals surface area contributed by atoms with Gasteiger partial charge >= 0.3 is 0 Å². The standard InChI is InChI=1S/C23H20N2O4S/c1-17-7-9-19(10-8-17)30(28,29)16-21-20-13-14-24(15-18-5-3-2-4-6-18)22(20)11-12-23(21)25(26)27/h2-14H,15-16H2,1H3. The van der Waals surface area contributed by atoms with Crippen molar-refractivity contribution in [2.75, 3.05) is 0 Å². The van der Waals surface area contributed by atoms with Gasteiger partial charge in [-0.15, -0.1) is 0 Å².